The van der Waals surface area contributed by atoms with Crippen molar-refractivity contribution in [2.24, 2.45) is 13.0 Å². The van der Waals surface area contributed by atoms with Gasteiger partial charge in [-0.05, 0) is 25.3 Å². The second-order valence-corrected chi connectivity index (χ2v) is 7.61. The van der Waals surface area contributed by atoms with Gasteiger partial charge in [0.1, 0.15) is 0 Å². The first-order valence-corrected chi connectivity index (χ1v) is 9.76. The highest BCUT2D eigenvalue weighted by Gasteiger charge is 2.47. The molecule has 0 radical (unpaired) electrons. The third-order valence-electron chi connectivity index (χ3n) is 5.72. The molecule has 1 aliphatic heterocycles. The molecule has 1 aromatic carbocycles. The van der Waals surface area contributed by atoms with Crippen LogP contribution in [-0.2, 0) is 23.2 Å². The molecule has 2 atom stereocenters. The molecule has 2 unspecified atom stereocenters. The van der Waals surface area contributed by atoms with Gasteiger partial charge in [-0.25, -0.2) is 0 Å². The molecule has 1 saturated heterocycles. The summed E-state index contributed by atoms with van der Waals surface area (Å²) >= 11 is 0. The molecule has 1 N–H and O–H groups in total. The number of amides is 2. The van der Waals surface area contributed by atoms with Crippen molar-refractivity contribution in [2.75, 3.05) is 0 Å². The fraction of sp³-hybridized carbons (Fsp3) is 0.450. The van der Waals surface area contributed by atoms with Gasteiger partial charge in [0, 0.05) is 43.9 Å². The van der Waals surface area contributed by atoms with Gasteiger partial charge in [0.15, 0.2) is 0 Å². The monoisotopic (exact) mass is 397 g/mol. The molecule has 29 heavy (non-hydrogen) atoms. The predicted octanol–water partition coefficient (Wildman–Crippen LogP) is 2.09. The zero-order valence-corrected chi connectivity index (χ0v) is 16.2. The summed E-state index contributed by atoms with van der Waals surface area (Å²) < 4.78 is 1.71. The van der Waals surface area contributed by atoms with Gasteiger partial charge in [0.2, 0.25) is 11.8 Å². The summed E-state index contributed by atoms with van der Waals surface area (Å²) in [5, 5.41) is 18.3. The Morgan fingerprint density at radius 1 is 1.28 bits per heavy atom. The second-order valence-electron chi connectivity index (χ2n) is 7.61. The number of benzene rings is 1. The molecule has 2 amide bonds. The molecule has 2 aromatic rings. The number of rotatable bonds is 6. The molecular weight excluding hydrogens is 374 g/mol. The van der Waals surface area contributed by atoms with Gasteiger partial charge in [-0.2, -0.15) is 5.10 Å². The summed E-state index contributed by atoms with van der Waals surface area (Å²) in [6, 6.07) is 8.02. The number of carbonyl (C=O) groups excluding carboxylic acids is 2. The number of nitro groups is 1. The minimum atomic E-state index is -0.450. The van der Waals surface area contributed by atoms with Crippen LogP contribution in [0.3, 0.4) is 0 Å². The number of aryl methyl sites for hydroxylation is 1. The van der Waals surface area contributed by atoms with Crippen molar-refractivity contribution in [1.29, 1.82) is 0 Å². The van der Waals surface area contributed by atoms with Crippen molar-refractivity contribution in [1.82, 2.24) is 20.0 Å². The minimum absolute atomic E-state index is 0.0191. The van der Waals surface area contributed by atoms with E-state index in [1.165, 1.54) is 6.07 Å². The van der Waals surface area contributed by atoms with Crippen LogP contribution in [0.25, 0.3) is 0 Å². The molecule has 0 bridgehead atoms. The number of hydrogen-bond acceptors (Lipinski definition) is 5. The van der Waals surface area contributed by atoms with E-state index >= 15 is 0 Å². The van der Waals surface area contributed by atoms with Gasteiger partial charge in [-0.1, -0.05) is 18.2 Å². The highest BCUT2D eigenvalue weighted by Crippen LogP contribution is 2.43. The van der Waals surface area contributed by atoms with Crippen molar-refractivity contribution in [3.8, 4) is 0 Å². The Labute approximate surface area is 167 Å². The van der Waals surface area contributed by atoms with Crippen LogP contribution in [0.4, 0.5) is 5.69 Å². The molecular formula is C20H23N5O4. The summed E-state index contributed by atoms with van der Waals surface area (Å²) in [4.78, 5) is 38.4. The first kappa shape index (κ1) is 19.1. The highest BCUT2D eigenvalue weighted by atomic mass is 16.6. The standard InChI is InChI=1S/C20H23N5O4/c1-23-17(10-11-22-23)19-15(8-9-18(26)24(19)14-6-7-14)20(27)21-12-13-4-2-3-5-16(13)25(28)29/h2-5,10-11,14-15,19H,6-9,12H2,1H3,(H,21,27). The Morgan fingerprint density at radius 2 is 2.03 bits per heavy atom. The Kier molecular flexibility index (Phi) is 5.04. The Bertz CT molecular complexity index is 952. The zero-order valence-electron chi connectivity index (χ0n) is 16.2. The molecule has 0 spiro atoms. The number of carbonyl (C=O) groups is 2. The van der Waals surface area contributed by atoms with E-state index in [0.717, 1.165) is 18.5 Å². The fourth-order valence-corrected chi connectivity index (χ4v) is 4.15. The van der Waals surface area contributed by atoms with Crippen LogP contribution in [-0.4, -0.2) is 37.5 Å². The smallest absolute Gasteiger partial charge is 0.274 e. The lowest BCUT2D eigenvalue weighted by molar-refractivity contribution is -0.385. The molecule has 2 aliphatic rings. The number of nitro benzene ring substituents is 1. The van der Waals surface area contributed by atoms with Gasteiger partial charge in [0.25, 0.3) is 5.69 Å². The van der Waals surface area contributed by atoms with Gasteiger partial charge in [-0.3, -0.25) is 24.4 Å². The molecule has 4 rings (SSSR count). The van der Waals surface area contributed by atoms with E-state index in [0.29, 0.717) is 18.4 Å². The van der Waals surface area contributed by atoms with Crippen molar-refractivity contribution in [3.63, 3.8) is 0 Å². The Morgan fingerprint density at radius 3 is 2.69 bits per heavy atom. The first-order valence-electron chi connectivity index (χ1n) is 9.76. The lowest BCUT2D eigenvalue weighted by Crippen LogP contribution is -2.49. The van der Waals surface area contributed by atoms with Crippen LogP contribution in [0.15, 0.2) is 36.5 Å². The Balaban J connectivity index is 1.57. The first-order chi connectivity index (χ1) is 14.0. The van der Waals surface area contributed by atoms with E-state index in [4.69, 9.17) is 0 Å². The third-order valence-corrected chi connectivity index (χ3v) is 5.72. The van der Waals surface area contributed by atoms with Gasteiger partial charge in [0.05, 0.1) is 22.6 Å². The van der Waals surface area contributed by atoms with Gasteiger partial charge in [-0.15, -0.1) is 0 Å². The number of piperidine rings is 1. The molecule has 2 fully saturated rings. The summed E-state index contributed by atoms with van der Waals surface area (Å²) in [7, 11) is 1.81. The molecule has 1 aliphatic carbocycles. The molecule has 2 heterocycles. The molecule has 1 aromatic heterocycles. The number of aromatic nitrogens is 2. The zero-order chi connectivity index (χ0) is 20.5. The lowest BCUT2D eigenvalue weighted by atomic mass is 9.85. The van der Waals surface area contributed by atoms with E-state index in [1.54, 1.807) is 29.1 Å². The summed E-state index contributed by atoms with van der Waals surface area (Å²) in [6.45, 7) is 0.0714. The highest BCUT2D eigenvalue weighted by molar-refractivity contribution is 5.85. The third kappa shape index (κ3) is 3.72. The summed E-state index contributed by atoms with van der Waals surface area (Å²) in [5.74, 6) is -0.555. The predicted molar refractivity (Wildman–Crippen MR) is 103 cm³/mol. The van der Waals surface area contributed by atoms with Crippen molar-refractivity contribution >= 4 is 17.5 Å². The number of likely N-dealkylation sites (tertiary alicyclic amines) is 1. The van der Waals surface area contributed by atoms with E-state index in [2.05, 4.69) is 10.4 Å². The topological polar surface area (TPSA) is 110 Å². The van der Waals surface area contributed by atoms with Crippen LogP contribution >= 0.6 is 0 Å². The van der Waals surface area contributed by atoms with Gasteiger partial charge < -0.3 is 10.2 Å². The average Bonchev–Trinajstić information content (AvgIpc) is 3.46. The summed E-state index contributed by atoms with van der Waals surface area (Å²) in [6.07, 6.45) is 4.34. The Hall–Kier alpha value is -3.23. The minimum Gasteiger partial charge on any atom is -0.351 e. The maximum absolute atomic E-state index is 13.1. The van der Waals surface area contributed by atoms with Gasteiger partial charge >= 0.3 is 0 Å². The van der Waals surface area contributed by atoms with Crippen LogP contribution in [0, 0.1) is 16.0 Å². The van der Waals surface area contributed by atoms with E-state index < -0.39 is 10.8 Å². The normalized spacial score (nSPS) is 21.8. The lowest BCUT2D eigenvalue weighted by Gasteiger charge is -2.40. The van der Waals surface area contributed by atoms with E-state index in [1.807, 2.05) is 18.0 Å². The van der Waals surface area contributed by atoms with Crippen LogP contribution < -0.4 is 5.32 Å². The van der Waals surface area contributed by atoms with E-state index in [9.17, 15) is 19.7 Å². The summed E-state index contributed by atoms with van der Waals surface area (Å²) in [5.41, 5.74) is 1.26. The fourth-order valence-electron chi connectivity index (χ4n) is 4.15. The molecule has 152 valence electrons. The molecule has 9 heteroatoms. The van der Waals surface area contributed by atoms with Crippen LogP contribution in [0.1, 0.15) is 43.0 Å². The maximum Gasteiger partial charge on any atom is 0.274 e. The van der Waals surface area contributed by atoms with E-state index in [-0.39, 0.29) is 36.1 Å². The average molecular weight is 397 g/mol. The van der Waals surface area contributed by atoms with Crippen molar-refractivity contribution in [2.45, 2.75) is 44.3 Å². The van der Waals surface area contributed by atoms with Crippen LogP contribution in [0.2, 0.25) is 0 Å². The molecule has 9 nitrogen and oxygen atoms in total. The number of nitrogens with one attached hydrogen (secondary N) is 1. The number of hydrogen-bond donors (Lipinski definition) is 1. The SMILES string of the molecule is Cn1nccc1C1C(C(=O)NCc2ccccc2[N+](=O)[O-])CCC(=O)N1C1CC1. The van der Waals surface area contributed by atoms with Crippen molar-refractivity contribution in [3.05, 3.63) is 57.9 Å². The van der Waals surface area contributed by atoms with Crippen LogP contribution in [0.5, 0.6) is 0 Å². The number of para-hydroxylation sites is 1. The number of nitrogens with zero attached hydrogens (tertiary/aromatic N) is 4. The van der Waals surface area contributed by atoms with Crippen molar-refractivity contribution < 1.29 is 14.5 Å². The maximum atomic E-state index is 13.1. The largest absolute Gasteiger partial charge is 0.351 e. The quantitative estimate of drug-likeness (QED) is 0.593. The second kappa shape index (κ2) is 7.65. The molecule has 1 saturated carbocycles.